The van der Waals surface area contributed by atoms with E-state index in [-0.39, 0.29) is 0 Å². The molecule has 2 N–H and O–H groups in total. The standard InChI is InChI=1S/C17H18N2O/c1-13(12-15-4-8-17(20)9-5-15)19-16-6-2-14(3-7-16)10-11-18/h2-9,13,19-20H,10,12H2,1H3. The molecule has 0 aliphatic rings. The van der Waals surface area contributed by atoms with Crippen LogP contribution in [0.25, 0.3) is 0 Å². The van der Waals surface area contributed by atoms with Crippen molar-refractivity contribution in [1.82, 2.24) is 0 Å². The smallest absolute Gasteiger partial charge is 0.115 e. The van der Waals surface area contributed by atoms with Gasteiger partial charge in [-0.1, -0.05) is 24.3 Å². The van der Waals surface area contributed by atoms with E-state index in [4.69, 9.17) is 5.26 Å². The molecular formula is C17H18N2O. The number of rotatable bonds is 5. The summed E-state index contributed by atoms with van der Waals surface area (Å²) >= 11 is 0. The van der Waals surface area contributed by atoms with Crippen molar-refractivity contribution in [2.75, 3.05) is 5.32 Å². The van der Waals surface area contributed by atoms with Crippen molar-refractivity contribution in [2.45, 2.75) is 25.8 Å². The van der Waals surface area contributed by atoms with Crippen LogP contribution in [0.2, 0.25) is 0 Å². The monoisotopic (exact) mass is 266 g/mol. The number of nitriles is 1. The molecule has 3 nitrogen and oxygen atoms in total. The van der Waals surface area contributed by atoms with Gasteiger partial charge in [-0.25, -0.2) is 0 Å². The zero-order chi connectivity index (χ0) is 14.4. The second kappa shape index (κ2) is 6.63. The molecule has 0 amide bonds. The molecule has 0 heterocycles. The molecule has 0 saturated carbocycles. The first-order valence-electron chi connectivity index (χ1n) is 6.67. The summed E-state index contributed by atoms with van der Waals surface area (Å²) in [5.41, 5.74) is 3.27. The highest BCUT2D eigenvalue weighted by Crippen LogP contribution is 2.15. The Morgan fingerprint density at radius 2 is 1.65 bits per heavy atom. The molecule has 2 rings (SSSR count). The Labute approximate surface area is 119 Å². The molecule has 1 unspecified atom stereocenters. The van der Waals surface area contributed by atoms with E-state index in [9.17, 15) is 5.11 Å². The highest BCUT2D eigenvalue weighted by atomic mass is 16.3. The van der Waals surface area contributed by atoms with Gasteiger partial charge in [0.25, 0.3) is 0 Å². The third-order valence-electron chi connectivity index (χ3n) is 3.13. The van der Waals surface area contributed by atoms with Crippen LogP contribution in [-0.2, 0) is 12.8 Å². The van der Waals surface area contributed by atoms with Gasteiger partial charge in [-0.2, -0.15) is 5.26 Å². The third-order valence-corrected chi connectivity index (χ3v) is 3.13. The molecule has 102 valence electrons. The van der Waals surface area contributed by atoms with Gasteiger partial charge >= 0.3 is 0 Å². The Kier molecular flexibility index (Phi) is 4.62. The number of aromatic hydroxyl groups is 1. The van der Waals surface area contributed by atoms with Crippen LogP contribution in [0.1, 0.15) is 18.1 Å². The van der Waals surface area contributed by atoms with Gasteiger partial charge < -0.3 is 10.4 Å². The molecule has 0 spiro atoms. The van der Waals surface area contributed by atoms with Crippen LogP contribution in [0.5, 0.6) is 5.75 Å². The van der Waals surface area contributed by atoms with Crippen molar-refractivity contribution in [3.8, 4) is 11.8 Å². The van der Waals surface area contributed by atoms with Crippen molar-refractivity contribution in [1.29, 1.82) is 5.26 Å². The number of benzene rings is 2. The maximum Gasteiger partial charge on any atom is 0.115 e. The molecule has 20 heavy (non-hydrogen) atoms. The number of nitrogens with one attached hydrogen (secondary N) is 1. The first-order chi connectivity index (χ1) is 9.67. The lowest BCUT2D eigenvalue weighted by atomic mass is 10.1. The Hall–Kier alpha value is -2.47. The predicted molar refractivity (Wildman–Crippen MR) is 80.7 cm³/mol. The number of hydrogen-bond acceptors (Lipinski definition) is 3. The zero-order valence-electron chi connectivity index (χ0n) is 11.5. The van der Waals surface area contributed by atoms with Gasteiger partial charge in [-0.3, -0.25) is 0 Å². The molecule has 0 saturated heterocycles. The van der Waals surface area contributed by atoms with Gasteiger partial charge in [0.15, 0.2) is 0 Å². The fourth-order valence-electron chi connectivity index (χ4n) is 2.13. The Morgan fingerprint density at radius 1 is 1.05 bits per heavy atom. The van der Waals surface area contributed by atoms with E-state index in [0.717, 1.165) is 17.7 Å². The molecular weight excluding hydrogens is 248 g/mol. The normalized spacial score (nSPS) is 11.6. The van der Waals surface area contributed by atoms with Gasteiger partial charge in [-0.15, -0.1) is 0 Å². The molecule has 2 aromatic carbocycles. The highest BCUT2D eigenvalue weighted by molar-refractivity contribution is 5.46. The average Bonchev–Trinajstić information content (AvgIpc) is 2.44. The van der Waals surface area contributed by atoms with Crippen molar-refractivity contribution < 1.29 is 5.11 Å². The van der Waals surface area contributed by atoms with Crippen molar-refractivity contribution in [3.63, 3.8) is 0 Å². The number of nitrogens with zero attached hydrogens (tertiary/aromatic N) is 1. The lowest BCUT2D eigenvalue weighted by Crippen LogP contribution is -2.17. The maximum atomic E-state index is 9.26. The van der Waals surface area contributed by atoms with E-state index in [2.05, 4.69) is 18.3 Å². The summed E-state index contributed by atoms with van der Waals surface area (Å²) in [7, 11) is 0. The minimum absolute atomic E-state index is 0.293. The fraction of sp³-hybridized carbons (Fsp3) is 0.235. The molecule has 0 aromatic heterocycles. The first-order valence-corrected chi connectivity index (χ1v) is 6.67. The SMILES string of the molecule is CC(Cc1ccc(O)cc1)Nc1ccc(CC#N)cc1. The number of hydrogen-bond donors (Lipinski definition) is 2. The van der Waals surface area contributed by atoms with Crippen LogP contribution in [0.4, 0.5) is 5.69 Å². The van der Waals surface area contributed by atoms with Crippen molar-refractivity contribution in [2.24, 2.45) is 0 Å². The van der Waals surface area contributed by atoms with E-state index in [1.54, 1.807) is 12.1 Å². The first kappa shape index (κ1) is 14.0. The van der Waals surface area contributed by atoms with Crippen LogP contribution in [0.3, 0.4) is 0 Å². The van der Waals surface area contributed by atoms with E-state index >= 15 is 0 Å². The van der Waals surface area contributed by atoms with Crippen molar-refractivity contribution in [3.05, 3.63) is 59.7 Å². The fourth-order valence-corrected chi connectivity index (χ4v) is 2.13. The van der Waals surface area contributed by atoms with Crippen LogP contribution in [0.15, 0.2) is 48.5 Å². The second-order valence-corrected chi connectivity index (χ2v) is 4.95. The van der Waals surface area contributed by atoms with Gasteiger partial charge in [0.05, 0.1) is 12.5 Å². The van der Waals surface area contributed by atoms with Crippen LogP contribution in [0, 0.1) is 11.3 Å². The Bertz CT molecular complexity index is 582. The largest absolute Gasteiger partial charge is 0.508 e. The van der Waals surface area contributed by atoms with Crippen LogP contribution in [-0.4, -0.2) is 11.1 Å². The van der Waals surface area contributed by atoms with Crippen LogP contribution >= 0.6 is 0 Å². The molecule has 1 atom stereocenters. The maximum absolute atomic E-state index is 9.26. The number of phenolic OH excluding ortho intramolecular Hbond substituents is 1. The summed E-state index contributed by atoms with van der Waals surface area (Å²) < 4.78 is 0. The minimum Gasteiger partial charge on any atom is -0.508 e. The molecule has 0 bridgehead atoms. The summed E-state index contributed by atoms with van der Waals surface area (Å²) in [4.78, 5) is 0. The number of phenols is 1. The van der Waals surface area contributed by atoms with Gasteiger partial charge in [0, 0.05) is 11.7 Å². The molecule has 0 radical (unpaired) electrons. The second-order valence-electron chi connectivity index (χ2n) is 4.95. The lowest BCUT2D eigenvalue weighted by molar-refractivity contribution is 0.475. The van der Waals surface area contributed by atoms with Crippen molar-refractivity contribution >= 4 is 5.69 Å². The summed E-state index contributed by atoms with van der Waals surface area (Å²) in [6.07, 6.45) is 1.34. The topological polar surface area (TPSA) is 56.0 Å². The van der Waals surface area contributed by atoms with E-state index in [0.29, 0.717) is 18.2 Å². The molecule has 0 fully saturated rings. The predicted octanol–water partition coefficient (Wildman–Crippen LogP) is 3.50. The summed E-state index contributed by atoms with van der Waals surface area (Å²) in [6.45, 7) is 2.12. The average molecular weight is 266 g/mol. The zero-order valence-corrected chi connectivity index (χ0v) is 11.5. The van der Waals surface area contributed by atoms with E-state index in [1.807, 2.05) is 36.4 Å². The Balaban J connectivity index is 1.92. The van der Waals surface area contributed by atoms with E-state index in [1.165, 1.54) is 5.56 Å². The van der Waals surface area contributed by atoms with E-state index < -0.39 is 0 Å². The highest BCUT2D eigenvalue weighted by Gasteiger charge is 2.04. The summed E-state index contributed by atoms with van der Waals surface area (Å²) in [5, 5.41) is 21.3. The molecule has 3 heteroatoms. The van der Waals surface area contributed by atoms with Gasteiger partial charge in [0.2, 0.25) is 0 Å². The summed E-state index contributed by atoms with van der Waals surface area (Å²) in [6, 6.07) is 17.7. The molecule has 2 aromatic rings. The van der Waals surface area contributed by atoms with Gasteiger partial charge in [-0.05, 0) is 48.7 Å². The quantitative estimate of drug-likeness (QED) is 0.870. The van der Waals surface area contributed by atoms with Crippen LogP contribution < -0.4 is 5.32 Å². The Morgan fingerprint density at radius 3 is 2.25 bits per heavy atom. The van der Waals surface area contributed by atoms with Gasteiger partial charge in [0.1, 0.15) is 5.75 Å². The summed E-state index contributed by atoms with van der Waals surface area (Å²) in [5.74, 6) is 0.294. The minimum atomic E-state index is 0.293. The number of anilines is 1. The molecule has 0 aliphatic carbocycles. The molecule has 0 aliphatic heterocycles. The third kappa shape index (κ3) is 4.03. The lowest BCUT2D eigenvalue weighted by Gasteiger charge is -2.15.